The van der Waals surface area contributed by atoms with Crippen molar-refractivity contribution in [1.82, 2.24) is 25.8 Å². The molecule has 4 aliphatic rings. The molecule has 3 aromatic rings. The highest BCUT2D eigenvalue weighted by Crippen LogP contribution is 2.42. The van der Waals surface area contributed by atoms with Gasteiger partial charge in [0.2, 0.25) is 17.7 Å². The van der Waals surface area contributed by atoms with Gasteiger partial charge in [0, 0.05) is 67.8 Å². The van der Waals surface area contributed by atoms with Crippen LogP contribution in [0, 0.1) is 17.8 Å². The molecule has 2 aliphatic heterocycles. The Morgan fingerprint density at radius 3 is 1.49 bits per heavy atom. The molecule has 59 heavy (non-hydrogen) atoms. The largest absolute Gasteiger partial charge is 0.356 e. The van der Waals surface area contributed by atoms with Crippen LogP contribution in [0.2, 0.25) is 0 Å². The number of nitrogens with one attached hydrogen (secondary N) is 3. The maximum atomic E-state index is 13.9. The van der Waals surface area contributed by atoms with Crippen molar-refractivity contribution in [2.24, 2.45) is 17.8 Å². The Labute approximate surface area is 350 Å². The van der Waals surface area contributed by atoms with Gasteiger partial charge in [-0.2, -0.15) is 0 Å². The number of nitrogens with zero attached hydrogens (tertiary/aromatic N) is 2. The SMILES string of the molecule is CCCCCCCCCCCCNC(=O)[C@@H]1CCN(C(=O)c2ccc(C(=O)N3C[C@@H](C(=O)N[C@H]4C[C@@H]4c4ccccc4)[C@H](C(=O)N[C@H]4C[C@@H]4c4ccccc4)C3)cc2)C1. The summed E-state index contributed by atoms with van der Waals surface area (Å²) >= 11 is 0. The van der Waals surface area contributed by atoms with Crippen molar-refractivity contribution < 1.29 is 24.0 Å². The zero-order chi connectivity index (χ0) is 41.1. The highest BCUT2D eigenvalue weighted by Gasteiger charge is 2.49. The summed E-state index contributed by atoms with van der Waals surface area (Å²) in [4.78, 5) is 71.3. The number of carbonyl (C=O) groups is 5. The Morgan fingerprint density at radius 1 is 0.542 bits per heavy atom. The predicted molar refractivity (Wildman–Crippen MR) is 230 cm³/mol. The summed E-state index contributed by atoms with van der Waals surface area (Å²) in [5.41, 5.74) is 3.22. The number of likely N-dealkylation sites (tertiary alicyclic amines) is 2. The Bertz CT molecular complexity index is 1810. The lowest BCUT2D eigenvalue weighted by molar-refractivity contribution is -0.133. The average molecular weight is 802 g/mol. The van der Waals surface area contributed by atoms with Gasteiger partial charge in [0.25, 0.3) is 11.8 Å². The fraction of sp³-hybridized carbons (Fsp3) is 0.531. The molecule has 3 aromatic carbocycles. The molecular weight excluding hydrogens is 739 g/mol. The number of benzene rings is 3. The van der Waals surface area contributed by atoms with Crippen molar-refractivity contribution in [1.29, 1.82) is 0 Å². The van der Waals surface area contributed by atoms with Crippen LogP contribution in [-0.4, -0.2) is 84.1 Å². The summed E-state index contributed by atoms with van der Waals surface area (Å²) in [7, 11) is 0. The van der Waals surface area contributed by atoms with Crippen LogP contribution in [0.5, 0.6) is 0 Å². The first kappa shape index (κ1) is 42.1. The van der Waals surface area contributed by atoms with Gasteiger partial charge in [-0.3, -0.25) is 24.0 Å². The lowest BCUT2D eigenvalue weighted by Gasteiger charge is -2.18. The first-order valence-corrected chi connectivity index (χ1v) is 22.5. The average Bonchev–Trinajstić information content (AvgIpc) is 4.09. The first-order valence-electron chi connectivity index (χ1n) is 22.5. The zero-order valence-corrected chi connectivity index (χ0v) is 34.8. The molecular formula is C49H63N5O5. The zero-order valence-electron chi connectivity index (χ0n) is 34.8. The molecule has 7 rings (SSSR count). The number of hydrogen-bond donors (Lipinski definition) is 3. The van der Waals surface area contributed by atoms with Crippen molar-refractivity contribution in [3.8, 4) is 0 Å². The Hall–Kier alpha value is -4.99. The van der Waals surface area contributed by atoms with Crippen LogP contribution in [0.25, 0.3) is 0 Å². The molecule has 0 radical (unpaired) electrons. The molecule has 2 heterocycles. The molecule has 10 nitrogen and oxygen atoms in total. The van der Waals surface area contributed by atoms with E-state index >= 15 is 0 Å². The molecule has 0 aromatic heterocycles. The van der Waals surface area contributed by atoms with Gasteiger partial charge in [0.05, 0.1) is 17.8 Å². The van der Waals surface area contributed by atoms with Crippen molar-refractivity contribution in [3.63, 3.8) is 0 Å². The summed E-state index contributed by atoms with van der Waals surface area (Å²) in [6, 6.07) is 26.9. The van der Waals surface area contributed by atoms with Crippen molar-refractivity contribution in [3.05, 3.63) is 107 Å². The van der Waals surface area contributed by atoms with Crippen LogP contribution < -0.4 is 16.0 Å². The van der Waals surface area contributed by atoms with Gasteiger partial charge in [-0.25, -0.2) is 0 Å². The van der Waals surface area contributed by atoms with Gasteiger partial charge in [0.15, 0.2) is 0 Å². The van der Waals surface area contributed by atoms with Gasteiger partial charge in [-0.05, 0) is 61.1 Å². The summed E-state index contributed by atoms with van der Waals surface area (Å²) in [6.45, 7) is 4.08. The van der Waals surface area contributed by atoms with Crippen LogP contribution in [-0.2, 0) is 14.4 Å². The normalized spacial score (nSPS) is 24.4. The van der Waals surface area contributed by atoms with Crippen LogP contribution in [0.4, 0.5) is 0 Å². The van der Waals surface area contributed by atoms with Gasteiger partial charge < -0.3 is 25.8 Å². The second-order valence-corrected chi connectivity index (χ2v) is 17.4. The monoisotopic (exact) mass is 801 g/mol. The number of hydrogen-bond acceptors (Lipinski definition) is 5. The van der Waals surface area contributed by atoms with Gasteiger partial charge in [0.1, 0.15) is 0 Å². The van der Waals surface area contributed by atoms with Crippen molar-refractivity contribution in [2.45, 2.75) is 114 Å². The highest BCUT2D eigenvalue weighted by atomic mass is 16.2. The van der Waals surface area contributed by atoms with Gasteiger partial charge in [-0.15, -0.1) is 0 Å². The molecule has 0 unspecified atom stereocenters. The molecule has 2 saturated carbocycles. The number of rotatable bonds is 20. The van der Waals surface area contributed by atoms with E-state index in [0.29, 0.717) is 37.2 Å². The molecule has 3 N–H and O–H groups in total. The second kappa shape index (κ2) is 20.3. The van der Waals surface area contributed by atoms with E-state index in [1.165, 1.54) is 62.5 Å². The molecule has 5 amide bonds. The molecule has 7 atom stereocenters. The Kier molecular flexibility index (Phi) is 14.5. The van der Waals surface area contributed by atoms with Crippen LogP contribution >= 0.6 is 0 Å². The minimum atomic E-state index is -0.680. The van der Waals surface area contributed by atoms with Gasteiger partial charge in [-0.1, -0.05) is 125 Å². The Morgan fingerprint density at radius 2 is 1.00 bits per heavy atom. The van der Waals surface area contributed by atoms with Crippen LogP contribution in [0.1, 0.15) is 134 Å². The van der Waals surface area contributed by atoms with E-state index in [4.69, 9.17) is 0 Å². The third-order valence-electron chi connectivity index (χ3n) is 13.0. The number of unbranched alkanes of at least 4 members (excludes halogenated alkanes) is 9. The lowest BCUT2D eigenvalue weighted by Crippen LogP contribution is -2.43. The topological polar surface area (TPSA) is 128 Å². The molecule has 314 valence electrons. The molecule has 0 bridgehead atoms. The summed E-state index contributed by atoms with van der Waals surface area (Å²) in [5, 5.41) is 9.47. The van der Waals surface area contributed by atoms with E-state index in [9.17, 15) is 24.0 Å². The van der Waals surface area contributed by atoms with Crippen LogP contribution in [0.3, 0.4) is 0 Å². The summed E-state index contributed by atoms with van der Waals surface area (Å²) < 4.78 is 0. The first-order chi connectivity index (χ1) is 28.8. The number of amides is 5. The van der Waals surface area contributed by atoms with Gasteiger partial charge >= 0.3 is 0 Å². The fourth-order valence-electron chi connectivity index (χ4n) is 9.17. The second-order valence-electron chi connectivity index (χ2n) is 17.4. The van der Waals surface area contributed by atoms with E-state index in [0.717, 1.165) is 25.7 Å². The minimum absolute atomic E-state index is 0.00368. The Balaban J connectivity index is 0.889. The van der Waals surface area contributed by atoms with E-state index in [2.05, 4.69) is 47.1 Å². The maximum Gasteiger partial charge on any atom is 0.253 e. The summed E-state index contributed by atoms with van der Waals surface area (Å²) in [6.07, 6.45) is 14.8. The van der Waals surface area contributed by atoms with E-state index in [-0.39, 0.29) is 72.5 Å². The standard InChI is InChI=1S/C49H63N5O5/c1-2-3-4-5-6-7-8-9-10-17-27-50-45(55)38-26-28-53(31-38)48(58)36-22-24-37(25-23-36)49(59)54-32-41(46(56)51-43-29-39(43)34-18-13-11-14-19-34)42(33-54)47(57)52-44-30-40(44)35-20-15-12-16-21-35/h11-16,18-25,38-44H,2-10,17,26-33H2,1H3,(H,50,55)(H,51,56)(H,52,57)/t38-,39-,40-,41-,42-,43+,44+/m1/s1. The maximum absolute atomic E-state index is 13.9. The number of carbonyl (C=O) groups excluding carboxylic acids is 5. The highest BCUT2D eigenvalue weighted by molar-refractivity contribution is 5.99. The van der Waals surface area contributed by atoms with Crippen molar-refractivity contribution in [2.75, 3.05) is 32.7 Å². The van der Waals surface area contributed by atoms with E-state index in [1.54, 1.807) is 34.1 Å². The van der Waals surface area contributed by atoms with E-state index in [1.807, 2.05) is 36.4 Å². The lowest BCUT2D eigenvalue weighted by atomic mass is 9.94. The minimum Gasteiger partial charge on any atom is -0.356 e. The van der Waals surface area contributed by atoms with Crippen LogP contribution in [0.15, 0.2) is 84.9 Å². The molecule has 2 saturated heterocycles. The molecule has 10 heteroatoms. The predicted octanol–water partition coefficient (Wildman–Crippen LogP) is 7.22. The third kappa shape index (κ3) is 11.2. The van der Waals surface area contributed by atoms with E-state index < -0.39 is 11.8 Å². The molecule has 4 fully saturated rings. The molecule has 2 aliphatic carbocycles. The fourth-order valence-corrected chi connectivity index (χ4v) is 9.17. The molecule has 0 spiro atoms. The summed E-state index contributed by atoms with van der Waals surface area (Å²) in [5.74, 6) is -1.91. The van der Waals surface area contributed by atoms with Crippen molar-refractivity contribution >= 4 is 29.5 Å². The quantitative estimate of drug-likeness (QED) is 0.104. The smallest absolute Gasteiger partial charge is 0.253 e. The third-order valence-corrected chi connectivity index (χ3v) is 13.0.